The highest BCUT2D eigenvalue weighted by Gasteiger charge is 2.25. The first-order valence-corrected chi connectivity index (χ1v) is 10.3. The number of aromatic nitrogens is 3. The molecule has 0 bridgehead atoms. The second kappa shape index (κ2) is 8.31. The maximum Gasteiger partial charge on any atom is 0.110 e. The van der Waals surface area contributed by atoms with Crippen molar-refractivity contribution in [2.75, 3.05) is 6.54 Å². The standard InChI is InChI=1S/C21H31N5/c22-11-4-8-17(14-20-24-15-18-9-1-2-13-26(18)20)25-19-10-3-6-16-7-5-12-23-21(16)19/h5,7,12,15,17,19,25H,1-4,6,8-11,13-14,22H2. The van der Waals surface area contributed by atoms with Crippen LogP contribution in [-0.2, 0) is 25.8 Å². The molecule has 4 rings (SSSR count). The van der Waals surface area contributed by atoms with Gasteiger partial charge < -0.3 is 15.6 Å². The molecule has 0 fully saturated rings. The van der Waals surface area contributed by atoms with Crippen molar-refractivity contribution >= 4 is 0 Å². The first-order valence-electron chi connectivity index (χ1n) is 10.3. The maximum absolute atomic E-state index is 5.81. The van der Waals surface area contributed by atoms with Crippen molar-refractivity contribution in [1.29, 1.82) is 0 Å². The predicted molar refractivity (Wildman–Crippen MR) is 104 cm³/mol. The average molecular weight is 354 g/mol. The van der Waals surface area contributed by atoms with Crippen LogP contribution in [0.1, 0.15) is 67.3 Å². The van der Waals surface area contributed by atoms with Crippen LogP contribution >= 0.6 is 0 Å². The van der Waals surface area contributed by atoms with Crippen LogP contribution in [-0.4, -0.2) is 27.1 Å². The summed E-state index contributed by atoms with van der Waals surface area (Å²) in [6, 6.07) is 5.06. The quantitative estimate of drug-likeness (QED) is 0.803. The third kappa shape index (κ3) is 3.84. The van der Waals surface area contributed by atoms with E-state index in [4.69, 9.17) is 15.7 Å². The fourth-order valence-corrected chi connectivity index (χ4v) is 4.55. The number of nitrogens with one attached hydrogen (secondary N) is 1. The van der Waals surface area contributed by atoms with Gasteiger partial charge in [0.25, 0.3) is 0 Å². The van der Waals surface area contributed by atoms with Gasteiger partial charge >= 0.3 is 0 Å². The molecule has 0 amide bonds. The Balaban J connectivity index is 1.50. The van der Waals surface area contributed by atoms with Crippen molar-refractivity contribution in [3.05, 3.63) is 47.3 Å². The van der Waals surface area contributed by atoms with E-state index in [0.29, 0.717) is 12.1 Å². The lowest BCUT2D eigenvalue weighted by Crippen LogP contribution is -2.38. The molecule has 2 atom stereocenters. The molecular formula is C21H31N5. The van der Waals surface area contributed by atoms with Crippen molar-refractivity contribution in [1.82, 2.24) is 19.9 Å². The number of hydrogen-bond acceptors (Lipinski definition) is 4. The monoisotopic (exact) mass is 353 g/mol. The van der Waals surface area contributed by atoms with Gasteiger partial charge in [-0.3, -0.25) is 4.98 Å². The second-order valence-corrected chi connectivity index (χ2v) is 7.77. The zero-order valence-electron chi connectivity index (χ0n) is 15.7. The summed E-state index contributed by atoms with van der Waals surface area (Å²) < 4.78 is 2.45. The molecule has 3 N–H and O–H groups in total. The Kier molecular flexibility index (Phi) is 5.65. The summed E-state index contributed by atoms with van der Waals surface area (Å²) in [7, 11) is 0. The minimum absolute atomic E-state index is 0.360. The van der Waals surface area contributed by atoms with E-state index in [1.165, 1.54) is 54.9 Å². The van der Waals surface area contributed by atoms with Gasteiger partial charge in [0.05, 0.1) is 5.69 Å². The highest BCUT2D eigenvalue weighted by atomic mass is 15.1. The third-order valence-corrected chi connectivity index (χ3v) is 5.90. The van der Waals surface area contributed by atoms with Crippen LogP contribution in [0.5, 0.6) is 0 Å². The number of imidazole rings is 1. The van der Waals surface area contributed by atoms with E-state index in [9.17, 15) is 0 Å². The van der Waals surface area contributed by atoms with Gasteiger partial charge in [0.15, 0.2) is 0 Å². The molecule has 1 aliphatic carbocycles. The summed E-state index contributed by atoms with van der Waals surface area (Å²) in [4.78, 5) is 9.45. The molecule has 2 aromatic heterocycles. The summed E-state index contributed by atoms with van der Waals surface area (Å²) in [6.07, 6.45) is 14.5. The zero-order chi connectivity index (χ0) is 17.8. The first kappa shape index (κ1) is 17.7. The highest BCUT2D eigenvalue weighted by Crippen LogP contribution is 2.29. The van der Waals surface area contributed by atoms with Gasteiger partial charge in [-0.1, -0.05) is 6.07 Å². The predicted octanol–water partition coefficient (Wildman–Crippen LogP) is 2.93. The Bertz CT molecular complexity index is 723. The van der Waals surface area contributed by atoms with Crippen molar-refractivity contribution in [2.45, 2.75) is 76.4 Å². The highest BCUT2D eigenvalue weighted by molar-refractivity contribution is 5.25. The molecule has 0 radical (unpaired) electrons. The van der Waals surface area contributed by atoms with E-state index in [-0.39, 0.29) is 0 Å². The van der Waals surface area contributed by atoms with Gasteiger partial charge in [0, 0.05) is 43.1 Å². The number of aryl methyl sites for hydroxylation is 2. The molecule has 0 spiro atoms. The Labute approximate surface area is 156 Å². The average Bonchev–Trinajstić information content (AvgIpc) is 3.09. The van der Waals surface area contributed by atoms with Gasteiger partial charge in [0.2, 0.25) is 0 Å². The van der Waals surface area contributed by atoms with Gasteiger partial charge in [-0.05, 0) is 69.5 Å². The van der Waals surface area contributed by atoms with Gasteiger partial charge in [-0.2, -0.15) is 0 Å². The lowest BCUT2D eigenvalue weighted by atomic mass is 9.90. The molecule has 0 saturated carbocycles. The zero-order valence-corrected chi connectivity index (χ0v) is 15.7. The van der Waals surface area contributed by atoms with Gasteiger partial charge in [-0.15, -0.1) is 0 Å². The summed E-state index contributed by atoms with van der Waals surface area (Å²) in [5.41, 5.74) is 9.88. The second-order valence-electron chi connectivity index (χ2n) is 7.77. The van der Waals surface area contributed by atoms with E-state index >= 15 is 0 Å². The molecule has 0 aromatic carbocycles. The lowest BCUT2D eigenvalue weighted by molar-refractivity contribution is 0.358. The van der Waals surface area contributed by atoms with Crippen molar-refractivity contribution in [2.24, 2.45) is 5.73 Å². The number of rotatable bonds is 7. The van der Waals surface area contributed by atoms with Crippen LogP contribution in [0.4, 0.5) is 0 Å². The minimum atomic E-state index is 0.360. The van der Waals surface area contributed by atoms with E-state index in [2.05, 4.69) is 28.2 Å². The van der Waals surface area contributed by atoms with Crippen LogP contribution in [0.3, 0.4) is 0 Å². The summed E-state index contributed by atoms with van der Waals surface area (Å²) in [5, 5.41) is 3.92. The minimum Gasteiger partial charge on any atom is -0.332 e. The van der Waals surface area contributed by atoms with Gasteiger partial charge in [-0.25, -0.2) is 4.98 Å². The molecule has 5 heteroatoms. The molecular weight excluding hydrogens is 322 g/mol. The molecule has 0 saturated heterocycles. The van der Waals surface area contributed by atoms with E-state index in [1.54, 1.807) is 0 Å². The molecule has 5 nitrogen and oxygen atoms in total. The Morgan fingerprint density at radius 2 is 2.19 bits per heavy atom. The van der Waals surface area contributed by atoms with Crippen LogP contribution in [0.15, 0.2) is 24.5 Å². The molecule has 26 heavy (non-hydrogen) atoms. The van der Waals surface area contributed by atoms with E-state index in [0.717, 1.165) is 38.8 Å². The lowest BCUT2D eigenvalue weighted by Gasteiger charge is -2.30. The third-order valence-electron chi connectivity index (χ3n) is 5.90. The van der Waals surface area contributed by atoms with Crippen molar-refractivity contribution < 1.29 is 0 Å². The number of hydrogen-bond donors (Lipinski definition) is 2. The van der Waals surface area contributed by atoms with Gasteiger partial charge in [0.1, 0.15) is 5.82 Å². The molecule has 2 aliphatic rings. The molecule has 3 heterocycles. The van der Waals surface area contributed by atoms with Crippen LogP contribution < -0.4 is 11.1 Å². The fraction of sp³-hybridized carbons (Fsp3) is 0.619. The van der Waals surface area contributed by atoms with E-state index in [1.807, 2.05) is 6.20 Å². The SMILES string of the molecule is NCCCC(Cc1ncc2n1CCCC2)NC1CCCc2cccnc21. The number of fused-ring (bicyclic) bond motifs is 2. The summed E-state index contributed by atoms with van der Waals surface area (Å²) in [5.74, 6) is 1.24. The Morgan fingerprint density at radius 1 is 1.23 bits per heavy atom. The van der Waals surface area contributed by atoms with Crippen LogP contribution in [0.2, 0.25) is 0 Å². The number of nitrogens with zero attached hydrogens (tertiary/aromatic N) is 3. The fourth-order valence-electron chi connectivity index (χ4n) is 4.55. The topological polar surface area (TPSA) is 68.8 Å². The van der Waals surface area contributed by atoms with Crippen LogP contribution in [0, 0.1) is 0 Å². The molecule has 2 unspecified atom stereocenters. The normalized spacial score (nSPS) is 20.4. The molecule has 2 aromatic rings. The summed E-state index contributed by atoms with van der Waals surface area (Å²) >= 11 is 0. The Morgan fingerprint density at radius 3 is 3.12 bits per heavy atom. The molecule has 1 aliphatic heterocycles. The van der Waals surface area contributed by atoms with E-state index < -0.39 is 0 Å². The summed E-state index contributed by atoms with van der Waals surface area (Å²) in [6.45, 7) is 1.87. The number of nitrogens with two attached hydrogens (primary N) is 1. The van der Waals surface area contributed by atoms with Crippen molar-refractivity contribution in [3.8, 4) is 0 Å². The smallest absolute Gasteiger partial charge is 0.110 e. The molecule has 140 valence electrons. The Hall–Kier alpha value is -1.72. The van der Waals surface area contributed by atoms with Crippen LogP contribution in [0.25, 0.3) is 0 Å². The first-order chi connectivity index (χ1) is 12.8. The maximum atomic E-state index is 5.81. The number of pyridine rings is 1. The van der Waals surface area contributed by atoms with Crippen molar-refractivity contribution in [3.63, 3.8) is 0 Å². The largest absolute Gasteiger partial charge is 0.332 e.